The van der Waals surface area contributed by atoms with Crippen molar-refractivity contribution in [3.63, 3.8) is 0 Å². The van der Waals surface area contributed by atoms with Gasteiger partial charge in [-0.3, -0.25) is 0 Å². The molecular formula is C16H23ClN2O6. The van der Waals surface area contributed by atoms with Crippen LogP contribution in [0.1, 0.15) is 12.8 Å². The zero-order valence-electron chi connectivity index (χ0n) is 13.7. The molecule has 1 aromatic rings. The number of fused-ring (bicyclic) bond motifs is 1. The van der Waals surface area contributed by atoms with Crippen LogP contribution in [0.15, 0.2) is 30.3 Å². The molecule has 0 aromatic heterocycles. The first-order valence-corrected chi connectivity index (χ1v) is 8.19. The third kappa shape index (κ3) is 5.43. The fraction of sp³-hybridized carbons (Fsp3) is 0.625. The summed E-state index contributed by atoms with van der Waals surface area (Å²) in [6.45, 7) is 2.17. The lowest BCUT2D eigenvalue weighted by molar-refractivity contribution is -0.769. The van der Waals surface area contributed by atoms with Gasteiger partial charge in [-0.15, -0.1) is 22.5 Å². The van der Waals surface area contributed by atoms with Crippen LogP contribution in [0.5, 0.6) is 5.75 Å². The van der Waals surface area contributed by atoms with E-state index in [0.29, 0.717) is 13.2 Å². The monoisotopic (exact) mass is 374 g/mol. The molecule has 0 unspecified atom stereocenters. The highest BCUT2D eigenvalue weighted by molar-refractivity contribution is 5.85. The van der Waals surface area contributed by atoms with Gasteiger partial charge < -0.3 is 24.4 Å². The van der Waals surface area contributed by atoms with Crippen molar-refractivity contribution < 1.29 is 24.1 Å². The minimum atomic E-state index is -0.784. The van der Waals surface area contributed by atoms with Gasteiger partial charge in [0, 0.05) is 0 Å². The van der Waals surface area contributed by atoms with Gasteiger partial charge in [0.2, 0.25) is 0 Å². The van der Waals surface area contributed by atoms with Crippen LogP contribution in [0.3, 0.4) is 0 Å². The third-order valence-electron chi connectivity index (χ3n) is 4.22. The Kier molecular flexibility index (Phi) is 7.70. The maximum Gasteiger partial charge on any atom is 0.294 e. The van der Waals surface area contributed by atoms with Crippen molar-refractivity contribution in [3.05, 3.63) is 40.4 Å². The zero-order valence-corrected chi connectivity index (χ0v) is 14.6. The molecule has 0 radical (unpaired) electrons. The molecule has 2 saturated heterocycles. The van der Waals surface area contributed by atoms with E-state index in [2.05, 4.69) is 10.2 Å². The number of benzene rings is 1. The molecule has 0 aliphatic carbocycles. The molecule has 8 nitrogen and oxygen atoms in total. The minimum Gasteiger partial charge on any atom is -0.494 e. The fourth-order valence-electron chi connectivity index (χ4n) is 3.06. The van der Waals surface area contributed by atoms with E-state index in [1.807, 2.05) is 30.3 Å². The van der Waals surface area contributed by atoms with Crippen LogP contribution < -0.4 is 10.1 Å². The summed E-state index contributed by atoms with van der Waals surface area (Å²) in [6.07, 6.45) is 0.730. The highest BCUT2D eigenvalue weighted by atomic mass is 35.5. The number of hydrogen-bond donors (Lipinski definition) is 1. The highest BCUT2D eigenvalue weighted by Gasteiger charge is 2.49. The Morgan fingerprint density at radius 1 is 1.16 bits per heavy atom. The molecule has 4 atom stereocenters. The maximum absolute atomic E-state index is 10.4. The molecule has 2 heterocycles. The summed E-state index contributed by atoms with van der Waals surface area (Å²) in [6, 6.07) is 9.78. The average Bonchev–Trinajstić information content (AvgIpc) is 3.15. The first-order valence-electron chi connectivity index (χ1n) is 8.19. The van der Waals surface area contributed by atoms with Gasteiger partial charge in [0.1, 0.15) is 18.0 Å². The largest absolute Gasteiger partial charge is 0.494 e. The number of para-hydroxylation sites is 1. The second-order valence-corrected chi connectivity index (χ2v) is 5.89. The Morgan fingerprint density at radius 3 is 2.68 bits per heavy atom. The van der Waals surface area contributed by atoms with Gasteiger partial charge in [-0.1, -0.05) is 18.2 Å². The smallest absolute Gasteiger partial charge is 0.294 e. The Morgan fingerprint density at radius 2 is 1.92 bits per heavy atom. The first kappa shape index (κ1) is 19.7. The van der Waals surface area contributed by atoms with Gasteiger partial charge >= 0.3 is 0 Å². The normalized spacial score (nSPS) is 27.4. The van der Waals surface area contributed by atoms with Gasteiger partial charge in [0.05, 0.1) is 25.9 Å². The molecule has 25 heavy (non-hydrogen) atoms. The third-order valence-corrected chi connectivity index (χ3v) is 4.22. The summed E-state index contributed by atoms with van der Waals surface area (Å²) < 4.78 is 16.8. The van der Waals surface area contributed by atoms with E-state index in [1.165, 1.54) is 0 Å². The lowest BCUT2D eigenvalue weighted by Crippen LogP contribution is -2.42. The molecule has 2 aliphatic heterocycles. The number of nitrogens with zero attached hydrogens (tertiary/aromatic N) is 1. The molecule has 0 bridgehead atoms. The maximum atomic E-state index is 10.4. The topological polar surface area (TPSA) is 92.1 Å². The van der Waals surface area contributed by atoms with Crippen LogP contribution in [-0.2, 0) is 14.3 Å². The molecule has 1 N–H and O–H groups in total. The van der Waals surface area contributed by atoms with Crippen molar-refractivity contribution in [1.29, 1.82) is 0 Å². The van der Waals surface area contributed by atoms with Gasteiger partial charge in [0.15, 0.2) is 6.10 Å². The van der Waals surface area contributed by atoms with Gasteiger partial charge in [0.25, 0.3) is 5.09 Å². The second kappa shape index (κ2) is 9.76. The molecular weight excluding hydrogens is 352 g/mol. The average molecular weight is 375 g/mol. The summed E-state index contributed by atoms with van der Waals surface area (Å²) in [4.78, 5) is 15.0. The van der Waals surface area contributed by atoms with Crippen LogP contribution >= 0.6 is 12.4 Å². The molecule has 0 saturated carbocycles. The number of hydrogen-bond acceptors (Lipinski definition) is 7. The molecule has 140 valence electrons. The molecule has 1 aromatic carbocycles. The summed E-state index contributed by atoms with van der Waals surface area (Å²) in [7, 11) is 0. The van der Waals surface area contributed by atoms with E-state index < -0.39 is 11.2 Å². The minimum absolute atomic E-state index is 0. The Hall–Kier alpha value is -1.61. The molecule has 0 amide bonds. The molecule has 3 rings (SSSR count). The summed E-state index contributed by atoms with van der Waals surface area (Å²) in [5, 5.41) is 13.1. The van der Waals surface area contributed by atoms with Crippen molar-refractivity contribution in [3.8, 4) is 5.75 Å². The van der Waals surface area contributed by atoms with E-state index in [4.69, 9.17) is 14.2 Å². The molecule has 0 spiro atoms. The Bertz CT molecular complexity index is 535. The number of unbranched alkanes of at least 4 members (excludes halogenated alkanes) is 1. The van der Waals surface area contributed by atoms with Crippen LogP contribution in [0.2, 0.25) is 0 Å². The van der Waals surface area contributed by atoms with E-state index >= 15 is 0 Å². The van der Waals surface area contributed by atoms with Gasteiger partial charge in [-0.05, 0) is 31.5 Å². The second-order valence-electron chi connectivity index (χ2n) is 5.89. The van der Waals surface area contributed by atoms with Crippen molar-refractivity contribution in [1.82, 2.24) is 5.32 Å². The van der Waals surface area contributed by atoms with Gasteiger partial charge in [-0.25, -0.2) is 0 Å². The predicted molar refractivity (Wildman–Crippen MR) is 91.6 cm³/mol. The molecule has 2 aliphatic rings. The van der Waals surface area contributed by atoms with Gasteiger partial charge in [-0.2, -0.15) is 0 Å². The Labute approximate surface area is 152 Å². The standard InChI is InChI=1S/C16H22N2O6.ClH/c19-18(20)24-14-11-23-15-13(10-22-16(14)15)17-8-4-5-9-21-12-6-2-1-3-7-12;/h1-3,6-7,13-17H,4-5,8-11H2;1H/t13-,14-,15+,16+;/m0./s1. The van der Waals surface area contributed by atoms with Crippen molar-refractivity contribution in [2.45, 2.75) is 37.2 Å². The van der Waals surface area contributed by atoms with E-state index in [0.717, 1.165) is 25.1 Å². The van der Waals surface area contributed by atoms with E-state index in [-0.39, 0.29) is 37.3 Å². The fourth-order valence-corrected chi connectivity index (χ4v) is 3.06. The quantitative estimate of drug-likeness (QED) is 0.398. The number of rotatable bonds is 9. The van der Waals surface area contributed by atoms with Crippen molar-refractivity contribution >= 4 is 12.4 Å². The number of ether oxygens (including phenoxy) is 3. The first-order chi connectivity index (χ1) is 11.7. The van der Waals surface area contributed by atoms with Crippen LogP contribution in [0, 0.1) is 10.1 Å². The van der Waals surface area contributed by atoms with Crippen LogP contribution in [0.4, 0.5) is 0 Å². The lowest BCUT2D eigenvalue weighted by atomic mass is 10.1. The molecule has 9 heteroatoms. The van der Waals surface area contributed by atoms with Crippen molar-refractivity contribution in [2.24, 2.45) is 0 Å². The Balaban J connectivity index is 0.00000225. The SMILES string of the molecule is Cl.O=[N+]([O-])O[C@H]1CO[C@H]2[C@@H]1OC[C@@H]2NCCCCOc1ccccc1. The van der Waals surface area contributed by atoms with Crippen molar-refractivity contribution in [2.75, 3.05) is 26.4 Å². The van der Waals surface area contributed by atoms with E-state index in [9.17, 15) is 10.1 Å². The number of nitrogens with one attached hydrogen (secondary N) is 1. The van der Waals surface area contributed by atoms with Crippen LogP contribution in [-0.4, -0.2) is 55.8 Å². The summed E-state index contributed by atoms with van der Waals surface area (Å²) in [5.41, 5.74) is 0. The highest BCUT2D eigenvalue weighted by Crippen LogP contribution is 2.28. The molecule has 2 fully saturated rings. The lowest BCUT2D eigenvalue weighted by Gasteiger charge is -2.17. The summed E-state index contributed by atoms with van der Waals surface area (Å²) >= 11 is 0. The van der Waals surface area contributed by atoms with Crippen LogP contribution in [0.25, 0.3) is 0 Å². The predicted octanol–water partition coefficient (Wildman–Crippen LogP) is 1.60. The summed E-state index contributed by atoms with van der Waals surface area (Å²) in [5.74, 6) is 0.883. The van der Waals surface area contributed by atoms with E-state index in [1.54, 1.807) is 0 Å². The zero-order chi connectivity index (χ0) is 16.8. The number of halogens is 1.